The molecule has 8 nitrogen and oxygen atoms in total. The molecule has 0 bridgehead atoms. The van der Waals surface area contributed by atoms with Gasteiger partial charge in [0.25, 0.3) is 11.6 Å². The van der Waals surface area contributed by atoms with Gasteiger partial charge >= 0.3 is 5.97 Å². The van der Waals surface area contributed by atoms with Crippen molar-refractivity contribution in [3.63, 3.8) is 0 Å². The molecule has 1 amide bonds. The maximum absolute atomic E-state index is 12.2. The van der Waals surface area contributed by atoms with Gasteiger partial charge in [0.1, 0.15) is 0 Å². The number of esters is 1. The second-order valence-electron chi connectivity index (χ2n) is 5.68. The van der Waals surface area contributed by atoms with Gasteiger partial charge in [0.15, 0.2) is 6.61 Å². The second kappa shape index (κ2) is 7.96. The van der Waals surface area contributed by atoms with Crippen LogP contribution in [0.4, 0.5) is 5.69 Å². The van der Waals surface area contributed by atoms with Gasteiger partial charge in [0, 0.05) is 18.6 Å². The Balaban J connectivity index is 1.63. The zero-order chi connectivity index (χ0) is 19.4. The fraction of sp³-hybridized carbons (Fsp3) is 0.167. The summed E-state index contributed by atoms with van der Waals surface area (Å²) in [6, 6.07) is 12.9. The van der Waals surface area contributed by atoms with Gasteiger partial charge in [-0.15, -0.1) is 0 Å². The Bertz CT molecular complexity index is 930. The number of amides is 1. The van der Waals surface area contributed by atoms with Crippen LogP contribution in [0.1, 0.15) is 22.3 Å². The lowest BCUT2D eigenvalue weighted by atomic mass is 10.1. The van der Waals surface area contributed by atoms with E-state index >= 15 is 0 Å². The maximum Gasteiger partial charge on any atom is 0.340 e. The number of ether oxygens (including phenoxy) is 1. The van der Waals surface area contributed by atoms with Crippen LogP contribution in [0.3, 0.4) is 0 Å². The van der Waals surface area contributed by atoms with Crippen LogP contribution in [0.15, 0.2) is 53.6 Å². The standard InChI is InChI=1S/C18H14ClN3O5/c19-15-7-6-13(22(25)26)10-14(15)18(24)27-11-17(23)21-9-8-16(20-21)12-4-2-1-3-5-12/h1-7,10H,8-9,11H2. The average molecular weight is 388 g/mol. The van der Waals surface area contributed by atoms with Crippen LogP contribution in [0.25, 0.3) is 0 Å². The summed E-state index contributed by atoms with van der Waals surface area (Å²) in [5.74, 6) is -1.40. The molecule has 0 radical (unpaired) electrons. The summed E-state index contributed by atoms with van der Waals surface area (Å²) in [7, 11) is 0. The largest absolute Gasteiger partial charge is 0.452 e. The molecule has 1 aliphatic rings. The number of nitro benzene ring substituents is 1. The summed E-state index contributed by atoms with van der Waals surface area (Å²) in [6.07, 6.45) is 0.598. The normalized spacial score (nSPS) is 13.2. The van der Waals surface area contributed by atoms with Crippen LogP contribution in [-0.2, 0) is 9.53 Å². The van der Waals surface area contributed by atoms with Crippen molar-refractivity contribution in [1.29, 1.82) is 0 Å². The molecule has 0 N–H and O–H groups in total. The Kier molecular flexibility index (Phi) is 5.46. The zero-order valence-electron chi connectivity index (χ0n) is 14.0. The van der Waals surface area contributed by atoms with Gasteiger partial charge in [-0.2, -0.15) is 5.10 Å². The molecule has 2 aromatic carbocycles. The monoisotopic (exact) mass is 387 g/mol. The van der Waals surface area contributed by atoms with Crippen molar-refractivity contribution in [3.8, 4) is 0 Å². The van der Waals surface area contributed by atoms with Crippen molar-refractivity contribution >= 4 is 34.9 Å². The molecule has 27 heavy (non-hydrogen) atoms. The molecular weight excluding hydrogens is 374 g/mol. The Labute approximate surface area is 159 Å². The van der Waals surface area contributed by atoms with Crippen LogP contribution in [0.2, 0.25) is 5.02 Å². The highest BCUT2D eigenvalue weighted by molar-refractivity contribution is 6.33. The number of benzene rings is 2. The van der Waals surface area contributed by atoms with Gasteiger partial charge in [0.05, 0.1) is 27.8 Å². The predicted octanol–water partition coefficient (Wildman–Crippen LogP) is 3.04. The Morgan fingerprint density at radius 3 is 2.67 bits per heavy atom. The third-order valence-corrected chi connectivity index (χ3v) is 4.23. The van der Waals surface area contributed by atoms with Crippen molar-refractivity contribution < 1.29 is 19.2 Å². The molecule has 0 spiro atoms. The highest BCUT2D eigenvalue weighted by Gasteiger charge is 2.24. The van der Waals surface area contributed by atoms with Crippen LogP contribution < -0.4 is 0 Å². The van der Waals surface area contributed by atoms with Crippen LogP contribution in [-0.4, -0.2) is 40.7 Å². The van der Waals surface area contributed by atoms with Gasteiger partial charge in [-0.1, -0.05) is 41.9 Å². The van der Waals surface area contributed by atoms with E-state index < -0.39 is 23.4 Å². The fourth-order valence-electron chi connectivity index (χ4n) is 2.53. The summed E-state index contributed by atoms with van der Waals surface area (Å²) >= 11 is 5.88. The summed E-state index contributed by atoms with van der Waals surface area (Å²) in [5, 5.41) is 16.3. The molecule has 0 atom stereocenters. The number of non-ortho nitro benzene ring substituents is 1. The van der Waals surface area contributed by atoms with Crippen molar-refractivity contribution in [2.75, 3.05) is 13.2 Å². The lowest BCUT2D eigenvalue weighted by Crippen LogP contribution is -2.28. The van der Waals surface area contributed by atoms with Gasteiger partial charge in [0.2, 0.25) is 0 Å². The van der Waals surface area contributed by atoms with Crippen LogP contribution in [0.5, 0.6) is 0 Å². The SMILES string of the molecule is O=C(OCC(=O)N1CCC(c2ccccc2)=N1)c1cc([N+](=O)[O-])ccc1Cl. The first-order chi connectivity index (χ1) is 13.0. The topological polar surface area (TPSA) is 102 Å². The minimum atomic E-state index is -0.913. The molecule has 1 aliphatic heterocycles. The van der Waals surface area contributed by atoms with Crippen molar-refractivity contribution in [1.82, 2.24) is 5.01 Å². The first-order valence-corrected chi connectivity index (χ1v) is 8.38. The number of nitrogens with zero attached hydrogens (tertiary/aromatic N) is 3. The van der Waals surface area contributed by atoms with E-state index in [4.69, 9.17) is 16.3 Å². The summed E-state index contributed by atoms with van der Waals surface area (Å²) in [5.41, 5.74) is 1.23. The van der Waals surface area contributed by atoms with Crippen molar-refractivity contribution in [2.45, 2.75) is 6.42 Å². The first-order valence-electron chi connectivity index (χ1n) is 8.00. The number of rotatable bonds is 5. The number of carbonyl (C=O) groups is 2. The lowest BCUT2D eigenvalue weighted by molar-refractivity contribution is -0.384. The van der Waals surface area contributed by atoms with Crippen molar-refractivity contribution in [3.05, 3.63) is 74.8 Å². The highest BCUT2D eigenvalue weighted by atomic mass is 35.5. The third kappa shape index (κ3) is 4.29. The first kappa shape index (κ1) is 18.5. The Morgan fingerprint density at radius 2 is 1.96 bits per heavy atom. The van der Waals surface area contributed by atoms with E-state index in [2.05, 4.69) is 5.10 Å². The molecule has 3 rings (SSSR count). The minimum absolute atomic E-state index is 0.00334. The van der Waals surface area contributed by atoms with E-state index in [-0.39, 0.29) is 16.3 Å². The van der Waals surface area contributed by atoms with E-state index in [1.165, 1.54) is 17.1 Å². The minimum Gasteiger partial charge on any atom is -0.452 e. The van der Waals surface area contributed by atoms with Gasteiger partial charge < -0.3 is 4.74 Å². The molecular formula is C18H14ClN3O5. The van der Waals surface area contributed by atoms with E-state index in [0.29, 0.717) is 13.0 Å². The van der Waals surface area contributed by atoms with Gasteiger partial charge in [-0.3, -0.25) is 14.9 Å². The van der Waals surface area contributed by atoms with Gasteiger partial charge in [-0.25, -0.2) is 9.80 Å². The number of hydrogen-bond acceptors (Lipinski definition) is 6. The number of nitro groups is 1. The zero-order valence-corrected chi connectivity index (χ0v) is 14.8. The summed E-state index contributed by atoms with van der Waals surface area (Å²) in [4.78, 5) is 34.5. The lowest BCUT2D eigenvalue weighted by Gasteiger charge is -2.12. The molecule has 138 valence electrons. The van der Waals surface area contributed by atoms with Crippen molar-refractivity contribution in [2.24, 2.45) is 5.10 Å². The number of carbonyl (C=O) groups excluding carboxylic acids is 2. The highest BCUT2D eigenvalue weighted by Crippen LogP contribution is 2.23. The number of hydrazone groups is 1. The quantitative estimate of drug-likeness (QED) is 0.445. The molecule has 0 aromatic heterocycles. The van der Waals surface area contributed by atoms with E-state index in [1.54, 1.807) is 0 Å². The van der Waals surface area contributed by atoms with E-state index in [0.717, 1.165) is 17.3 Å². The Hall–Kier alpha value is -3.26. The summed E-state index contributed by atoms with van der Waals surface area (Å²) < 4.78 is 4.95. The summed E-state index contributed by atoms with van der Waals surface area (Å²) in [6.45, 7) is -0.151. The molecule has 9 heteroatoms. The van der Waals surface area contributed by atoms with Crippen LogP contribution >= 0.6 is 11.6 Å². The third-order valence-electron chi connectivity index (χ3n) is 3.90. The number of hydrogen-bond donors (Lipinski definition) is 0. The van der Waals surface area contributed by atoms with E-state index in [9.17, 15) is 19.7 Å². The van der Waals surface area contributed by atoms with Gasteiger partial charge in [-0.05, 0) is 11.6 Å². The smallest absolute Gasteiger partial charge is 0.340 e. The molecule has 0 saturated heterocycles. The molecule has 0 fully saturated rings. The molecule has 0 saturated carbocycles. The second-order valence-corrected chi connectivity index (χ2v) is 6.08. The molecule has 0 unspecified atom stereocenters. The maximum atomic E-state index is 12.2. The predicted molar refractivity (Wildman–Crippen MR) is 97.7 cm³/mol. The number of halogens is 1. The molecule has 2 aromatic rings. The average Bonchev–Trinajstić information content (AvgIpc) is 3.17. The van der Waals surface area contributed by atoms with E-state index in [1.807, 2.05) is 30.3 Å². The Morgan fingerprint density at radius 1 is 1.22 bits per heavy atom. The van der Waals surface area contributed by atoms with Crippen LogP contribution in [0, 0.1) is 10.1 Å². The molecule has 0 aliphatic carbocycles. The fourth-order valence-corrected chi connectivity index (χ4v) is 2.73. The molecule has 1 heterocycles.